The van der Waals surface area contributed by atoms with Crippen molar-refractivity contribution in [2.75, 3.05) is 12.0 Å². The van der Waals surface area contributed by atoms with Gasteiger partial charge in [-0.3, -0.25) is 0 Å². The van der Waals surface area contributed by atoms with E-state index in [4.69, 9.17) is 0 Å². The number of hydrogen-bond acceptors (Lipinski definition) is 3. The highest BCUT2D eigenvalue weighted by Gasteiger charge is 2.30. The third-order valence-electron chi connectivity index (χ3n) is 4.13. The first-order chi connectivity index (χ1) is 8.88. The maximum absolute atomic E-state index is 3.94. The van der Waals surface area contributed by atoms with Crippen molar-refractivity contribution in [2.45, 2.75) is 47.9 Å². The molecule has 0 bridgehead atoms. The summed E-state index contributed by atoms with van der Waals surface area (Å²) < 4.78 is 0. The van der Waals surface area contributed by atoms with Gasteiger partial charge in [-0.05, 0) is 42.9 Å². The van der Waals surface area contributed by atoms with Crippen LogP contribution in [0.5, 0.6) is 0 Å². The monoisotopic (exact) mass is 279 g/mol. The highest BCUT2D eigenvalue weighted by molar-refractivity contribution is 7.99. The fourth-order valence-corrected chi connectivity index (χ4v) is 5.24. The molecule has 3 rings (SSSR count). The summed E-state index contributed by atoms with van der Waals surface area (Å²) in [7, 11) is 0. The van der Waals surface area contributed by atoms with E-state index in [-0.39, 0.29) is 0 Å². The summed E-state index contributed by atoms with van der Waals surface area (Å²) >= 11 is 4.05. The van der Waals surface area contributed by atoms with Crippen LogP contribution in [0.3, 0.4) is 0 Å². The largest absolute Gasteiger partial charge is 0.306 e. The van der Waals surface area contributed by atoms with E-state index >= 15 is 0 Å². The lowest BCUT2D eigenvalue weighted by Crippen LogP contribution is -2.38. The first-order valence-electron chi connectivity index (χ1n) is 6.89. The Hall–Kier alpha value is -0.120. The number of nitrogens with one attached hydrogen (secondary N) is 1. The predicted molar refractivity (Wildman–Crippen MR) is 82.6 cm³/mol. The molecular formula is C15H21NS2. The molecule has 1 aliphatic heterocycles. The van der Waals surface area contributed by atoms with Gasteiger partial charge in [-0.2, -0.15) is 11.8 Å². The van der Waals surface area contributed by atoms with Gasteiger partial charge < -0.3 is 5.32 Å². The van der Waals surface area contributed by atoms with E-state index in [9.17, 15) is 0 Å². The molecule has 2 aliphatic rings. The predicted octanol–water partition coefficient (Wildman–Crippen LogP) is 4.10. The van der Waals surface area contributed by atoms with E-state index in [1.54, 1.807) is 0 Å². The zero-order chi connectivity index (χ0) is 12.4. The van der Waals surface area contributed by atoms with Crippen molar-refractivity contribution in [3.05, 3.63) is 29.8 Å². The Labute approximate surface area is 119 Å². The molecule has 0 amide bonds. The van der Waals surface area contributed by atoms with E-state index in [0.29, 0.717) is 6.04 Å². The molecule has 1 N–H and O–H groups in total. The quantitative estimate of drug-likeness (QED) is 0.895. The molecule has 0 saturated heterocycles. The first kappa shape index (κ1) is 12.9. The molecule has 3 heteroatoms. The van der Waals surface area contributed by atoms with Crippen LogP contribution in [0.1, 0.15) is 37.3 Å². The lowest BCUT2D eigenvalue weighted by atomic mass is 10.0. The molecular weight excluding hydrogens is 258 g/mol. The molecule has 1 nitrogen and oxygen atoms in total. The topological polar surface area (TPSA) is 12.0 Å². The van der Waals surface area contributed by atoms with Crippen LogP contribution in [0.15, 0.2) is 29.2 Å². The minimum Gasteiger partial charge on any atom is -0.306 e. The van der Waals surface area contributed by atoms with Crippen molar-refractivity contribution >= 4 is 23.5 Å². The number of thioether (sulfide) groups is 2. The van der Waals surface area contributed by atoms with Gasteiger partial charge in [0.1, 0.15) is 0 Å². The molecule has 0 aromatic heterocycles. The lowest BCUT2D eigenvalue weighted by molar-refractivity contribution is 0.430. The number of benzene rings is 1. The summed E-state index contributed by atoms with van der Waals surface area (Å²) in [5.41, 5.74) is 1.53. The van der Waals surface area contributed by atoms with Gasteiger partial charge in [-0.25, -0.2) is 0 Å². The third kappa shape index (κ3) is 2.59. The first-order valence-corrected chi connectivity index (χ1v) is 9.16. The molecule has 1 heterocycles. The summed E-state index contributed by atoms with van der Waals surface area (Å²) in [4.78, 5) is 1.49. The zero-order valence-electron chi connectivity index (χ0n) is 10.9. The fourth-order valence-electron chi connectivity index (χ4n) is 3.17. The Morgan fingerprint density at radius 1 is 1.22 bits per heavy atom. The van der Waals surface area contributed by atoms with Crippen molar-refractivity contribution in [1.82, 2.24) is 5.32 Å². The molecule has 18 heavy (non-hydrogen) atoms. The SMILES string of the molecule is CSC1CCCC1NC1CCSc2ccccc21. The van der Waals surface area contributed by atoms with Gasteiger partial charge >= 0.3 is 0 Å². The van der Waals surface area contributed by atoms with Crippen molar-refractivity contribution in [3.8, 4) is 0 Å². The average Bonchev–Trinajstić information content (AvgIpc) is 2.86. The Balaban J connectivity index is 1.74. The maximum Gasteiger partial charge on any atom is 0.0342 e. The van der Waals surface area contributed by atoms with Crippen LogP contribution in [0.2, 0.25) is 0 Å². The van der Waals surface area contributed by atoms with Gasteiger partial charge in [-0.15, -0.1) is 11.8 Å². The van der Waals surface area contributed by atoms with Crippen molar-refractivity contribution in [3.63, 3.8) is 0 Å². The van der Waals surface area contributed by atoms with Crippen LogP contribution in [0, 0.1) is 0 Å². The molecule has 1 aliphatic carbocycles. The van der Waals surface area contributed by atoms with Gasteiger partial charge in [0.05, 0.1) is 0 Å². The highest BCUT2D eigenvalue weighted by Crippen LogP contribution is 2.38. The van der Waals surface area contributed by atoms with E-state index < -0.39 is 0 Å². The van der Waals surface area contributed by atoms with E-state index in [1.165, 1.54) is 41.9 Å². The zero-order valence-corrected chi connectivity index (χ0v) is 12.5. The second-order valence-corrected chi connectivity index (χ2v) is 7.42. The van der Waals surface area contributed by atoms with Crippen LogP contribution in [-0.2, 0) is 0 Å². The summed E-state index contributed by atoms with van der Waals surface area (Å²) in [6.07, 6.45) is 7.68. The van der Waals surface area contributed by atoms with Gasteiger partial charge in [0.15, 0.2) is 0 Å². The molecule has 1 fully saturated rings. The van der Waals surface area contributed by atoms with Crippen LogP contribution < -0.4 is 5.32 Å². The van der Waals surface area contributed by atoms with Gasteiger partial charge in [0, 0.05) is 22.2 Å². The number of hydrogen-bond donors (Lipinski definition) is 1. The van der Waals surface area contributed by atoms with Crippen LogP contribution in [0.25, 0.3) is 0 Å². The summed E-state index contributed by atoms with van der Waals surface area (Å²) in [5, 5.41) is 4.77. The fraction of sp³-hybridized carbons (Fsp3) is 0.600. The lowest BCUT2D eigenvalue weighted by Gasteiger charge is -2.30. The van der Waals surface area contributed by atoms with Crippen LogP contribution in [-0.4, -0.2) is 23.3 Å². The molecule has 1 aromatic rings. The average molecular weight is 279 g/mol. The normalized spacial score (nSPS) is 31.3. The second kappa shape index (κ2) is 5.89. The van der Waals surface area contributed by atoms with Crippen molar-refractivity contribution in [2.24, 2.45) is 0 Å². The summed E-state index contributed by atoms with van der Waals surface area (Å²) in [6.45, 7) is 0. The number of rotatable bonds is 3. The Bertz CT molecular complexity index is 407. The Morgan fingerprint density at radius 3 is 3.00 bits per heavy atom. The molecule has 3 atom stereocenters. The Morgan fingerprint density at radius 2 is 2.11 bits per heavy atom. The standard InChI is InChI=1S/C15H21NS2/c1-17-15-8-4-6-13(15)16-12-9-10-18-14-7-3-2-5-11(12)14/h2-3,5,7,12-13,15-16H,4,6,8-10H2,1H3. The summed E-state index contributed by atoms with van der Waals surface area (Å²) in [6, 6.07) is 10.2. The Kier molecular flexibility index (Phi) is 4.22. The molecule has 0 radical (unpaired) electrons. The highest BCUT2D eigenvalue weighted by atomic mass is 32.2. The molecule has 0 spiro atoms. The van der Waals surface area contributed by atoms with Gasteiger partial charge in [-0.1, -0.05) is 24.6 Å². The second-order valence-electron chi connectivity index (χ2n) is 5.21. The van der Waals surface area contributed by atoms with E-state index in [0.717, 1.165) is 11.3 Å². The molecule has 1 aromatic carbocycles. The van der Waals surface area contributed by atoms with Crippen LogP contribution in [0.4, 0.5) is 0 Å². The summed E-state index contributed by atoms with van der Waals surface area (Å²) in [5.74, 6) is 1.26. The smallest absolute Gasteiger partial charge is 0.0342 e. The maximum atomic E-state index is 3.94. The van der Waals surface area contributed by atoms with Crippen molar-refractivity contribution < 1.29 is 0 Å². The van der Waals surface area contributed by atoms with E-state index in [1.807, 2.05) is 23.5 Å². The molecule has 3 unspecified atom stereocenters. The van der Waals surface area contributed by atoms with Crippen LogP contribution >= 0.6 is 23.5 Å². The minimum absolute atomic E-state index is 0.584. The van der Waals surface area contributed by atoms with Gasteiger partial charge in [0.25, 0.3) is 0 Å². The van der Waals surface area contributed by atoms with Crippen molar-refractivity contribution in [1.29, 1.82) is 0 Å². The van der Waals surface area contributed by atoms with Gasteiger partial charge in [0.2, 0.25) is 0 Å². The van der Waals surface area contributed by atoms with E-state index in [2.05, 4.69) is 35.8 Å². The molecule has 1 saturated carbocycles. The molecule has 98 valence electrons. The third-order valence-corrected chi connectivity index (χ3v) is 6.42. The minimum atomic E-state index is 0.584. The number of fused-ring (bicyclic) bond motifs is 1.